The molecule has 1 aromatic rings. The Morgan fingerprint density at radius 3 is 2.73 bits per heavy atom. The van der Waals surface area contributed by atoms with Gasteiger partial charge in [-0.2, -0.15) is 0 Å². The number of urea groups is 1. The van der Waals surface area contributed by atoms with Crippen molar-refractivity contribution in [2.24, 2.45) is 5.41 Å². The van der Waals surface area contributed by atoms with Gasteiger partial charge in [0.2, 0.25) is 0 Å². The smallest absolute Gasteiger partial charge is 0.322 e. The summed E-state index contributed by atoms with van der Waals surface area (Å²) < 4.78 is 10.7. The van der Waals surface area contributed by atoms with Gasteiger partial charge in [0.15, 0.2) is 0 Å². The van der Waals surface area contributed by atoms with Gasteiger partial charge in [0.05, 0.1) is 24.7 Å². The summed E-state index contributed by atoms with van der Waals surface area (Å²) in [5, 5.41) is 3.99. The van der Waals surface area contributed by atoms with Crippen molar-refractivity contribution in [3.63, 3.8) is 0 Å². The molecule has 7 heteroatoms. The fourth-order valence-electron chi connectivity index (χ4n) is 4.61. The minimum absolute atomic E-state index is 0.0906. The molecule has 1 heterocycles. The molecule has 0 aromatic heterocycles. The van der Waals surface area contributed by atoms with E-state index in [9.17, 15) is 9.59 Å². The fourth-order valence-corrected chi connectivity index (χ4v) is 4.88. The average molecular weight is 477 g/mol. The molecule has 2 atom stereocenters. The number of hydrogen-bond acceptors (Lipinski definition) is 4. The van der Waals surface area contributed by atoms with E-state index in [0.29, 0.717) is 13.0 Å². The number of nitrogens with one attached hydrogen (secondary N) is 1. The number of nitrogens with zero attached hydrogens (tertiary/aromatic N) is 1. The summed E-state index contributed by atoms with van der Waals surface area (Å²) in [5.74, 6) is -0.309. The topological polar surface area (TPSA) is 67.9 Å². The number of aryl methyl sites for hydroxylation is 1. The molecule has 0 bridgehead atoms. The molecule has 0 spiro atoms. The van der Waals surface area contributed by atoms with Gasteiger partial charge >= 0.3 is 12.0 Å². The van der Waals surface area contributed by atoms with Gasteiger partial charge in [0.1, 0.15) is 0 Å². The lowest BCUT2D eigenvalue weighted by molar-refractivity contribution is -0.143. The molecule has 1 fully saturated rings. The monoisotopic (exact) mass is 476 g/mol. The van der Waals surface area contributed by atoms with Crippen LogP contribution in [0.15, 0.2) is 30.0 Å². The van der Waals surface area contributed by atoms with Crippen molar-refractivity contribution >= 4 is 23.6 Å². The fraction of sp³-hybridized carbons (Fsp3) is 0.615. The van der Waals surface area contributed by atoms with E-state index in [0.717, 1.165) is 47.4 Å². The zero-order valence-corrected chi connectivity index (χ0v) is 21.3. The van der Waals surface area contributed by atoms with Crippen molar-refractivity contribution in [3.8, 4) is 0 Å². The number of fused-ring (bicyclic) bond motifs is 1. The zero-order chi connectivity index (χ0) is 24.2. The van der Waals surface area contributed by atoms with E-state index in [1.165, 1.54) is 0 Å². The van der Waals surface area contributed by atoms with Crippen molar-refractivity contribution in [1.82, 2.24) is 10.2 Å². The highest BCUT2D eigenvalue weighted by molar-refractivity contribution is 6.31. The van der Waals surface area contributed by atoms with Gasteiger partial charge in [0, 0.05) is 24.9 Å². The number of ether oxygens (including phenoxy) is 2. The number of carbonyl (C=O) groups is 2. The maximum atomic E-state index is 13.1. The first-order chi connectivity index (χ1) is 15.6. The number of hydrogen-bond donors (Lipinski definition) is 1. The number of halogens is 1. The molecule has 1 N–H and O–H groups in total. The molecular weight excluding hydrogens is 440 g/mol. The average Bonchev–Trinajstić information content (AvgIpc) is 2.76. The minimum atomic E-state index is -0.612. The molecule has 1 unspecified atom stereocenters. The van der Waals surface area contributed by atoms with E-state index in [1.807, 2.05) is 12.3 Å². The largest absolute Gasteiger partial charge is 0.466 e. The lowest BCUT2D eigenvalue weighted by Gasteiger charge is -2.47. The SMILES string of the molecule is CCOC(=O)CCN1C=C2CC(OC)CC[C@@]2(c2ccc(CCC(C)(C)C)c(Cl)c2)NC1=O. The summed E-state index contributed by atoms with van der Waals surface area (Å²) >= 11 is 6.72. The van der Waals surface area contributed by atoms with Crippen molar-refractivity contribution in [2.75, 3.05) is 20.3 Å². The highest BCUT2D eigenvalue weighted by Gasteiger charge is 2.46. The Bertz CT molecular complexity index is 908. The van der Waals surface area contributed by atoms with Gasteiger partial charge in [-0.3, -0.25) is 4.79 Å². The molecule has 3 rings (SSSR count). The van der Waals surface area contributed by atoms with Crippen molar-refractivity contribution in [3.05, 3.63) is 46.1 Å². The summed E-state index contributed by atoms with van der Waals surface area (Å²) in [7, 11) is 1.72. The number of methoxy groups -OCH3 is 1. The van der Waals surface area contributed by atoms with E-state index >= 15 is 0 Å². The van der Waals surface area contributed by atoms with Gasteiger partial charge in [0.25, 0.3) is 0 Å². The summed E-state index contributed by atoms with van der Waals surface area (Å²) in [5.41, 5.74) is 2.81. The first-order valence-electron chi connectivity index (χ1n) is 11.9. The van der Waals surface area contributed by atoms with E-state index in [-0.39, 0.29) is 36.5 Å². The van der Waals surface area contributed by atoms with E-state index < -0.39 is 5.54 Å². The normalized spacial score (nSPS) is 23.0. The van der Waals surface area contributed by atoms with Gasteiger partial charge < -0.3 is 19.7 Å². The maximum Gasteiger partial charge on any atom is 0.322 e. The molecule has 6 nitrogen and oxygen atoms in total. The third kappa shape index (κ3) is 6.10. The lowest BCUT2D eigenvalue weighted by atomic mass is 9.71. The molecule has 1 aromatic carbocycles. The zero-order valence-electron chi connectivity index (χ0n) is 20.5. The number of rotatable bonds is 8. The molecule has 1 saturated carbocycles. The van der Waals surface area contributed by atoms with Crippen molar-refractivity contribution in [1.29, 1.82) is 0 Å². The second kappa shape index (κ2) is 10.5. The van der Waals surface area contributed by atoms with Crippen molar-refractivity contribution in [2.45, 2.75) is 77.9 Å². The van der Waals surface area contributed by atoms with Gasteiger partial charge in [-0.1, -0.05) is 44.5 Å². The van der Waals surface area contributed by atoms with Crippen LogP contribution in [0.4, 0.5) is 4.79 Å². The Kier molecular flexibility index (Phi) is 8.12. The molecule has 182 valence electrons. The molecule has 1 aliphatic carbocycles. The second-order valence-electron chi connectivity index (χ2n) is 10.2. The summed E-state index contributed by atoms with van der Waals surface area (Å²) in [6, 6.07) is 5.98. The van der Waals surface area contributed by atoms with E-state index in [4.69, 9.17) is 21.1 Å². The van der Waals surface area contributed by atoms with Gasteiger partial charge in [-0.05, 0) is 67.2 Å². The molecule has 33 heavy (non-hydrogen) atoms. The molecule has 2 amide bonds. The number of amides is 2. The molecule has 0 radical (unpaired) electrons. The minimum Gasteiger partial charge on any atom is -0.466 e. The Morgan fingerprint density at radius 2 is 2.09 bits per heavy atom. The van der Waals surface area contributed by atoms with Crippen LogP contribution in [0.2, 0.25) is 5.02 Å². The number of carbonyl (C=O) groups excluding carboxylic acids is 2. The second-order valence-corrected chi connectivity index (χ2v) is 10.6. The van der Waals surface area contributed by atoms with Crippen LogP contribution in [0.25, 0.3) is 0 Å². The molecule has 1 aliphatic heterocycles. The Labute approximate surface area is 202 Å². The van der Waals surface area contributed by atoms with Crippen LogP contribution in [0.1, 0.15) is 70.9 Å². The highest BCUT2D eigenvalue weighted by atomic mass is 35.5. The van der Waals surface area contributed by atoms with Crippen molar-refractivity contribution < 1.29 is 19.1 Å². The summed E-state index contributed by atoms with van der Waals surface area (Å²) in [4.78, 5) is 26.4. The van der Waals surface area contributed by atoms with Crippen LogP contribution in [0.5, 0.6) is 0 Å². The molecular formula is C26H37ClN2O4. The Balaban J connectivity index is 1.89. The predicted molar refractivity (Wildman–Crippen MR) is 130 cm³/mol. The third-order valence-electron chi connectivity index (χ3n) is 6.62. The Hall–Kier alpha value is -2.05. The van der Waals surface area contributed by atoms with Gasteiger partial charge in [-0.25, -0.2) is 4.79 Å². The number of benzene rings is 1. The number of esters is 1. The van der Waals surface area contributed by atoms with Crippen LogP contribution in [-0.4, -0.2) is 43.3 Å². The van der Waals surface area contributed by atoms with Crippen LogP contribution in [0.3, 0.4) is 0 Å². The maximum absolute atomic E-state index is 13.1. The Morgan fingerprint density at radius 1 is 1.33 bits per heavy atom. The highest BCUT2D eigenvalue weighted by Crippen LogP contribution is 2.45. The van der Waals surface area contributed by atoms with Crippen LogP contribution in [0, 0.1) is 5.41 Å². The van der Waals surface area contributed by atoms with Crippen LogP contribution in [-0.2, 0) is 26.2 Å². The quantitative estimate of drug-likeness (QED) is 0.497. The molecule has 2 aliphatic rings. The first-order valence-corrected chi connectivity index (χ1v) is 12.2. The summed E-state index contributed by atoms with van der Waals surface area (Å²) in [6.07, 6.45) is 6.36. The predicted octanol–water partition coefficient (Wildman–Crippen LogP) is 5.58. The molecule has 0 saturated heterocycles. The standard InChI is InChI=1S/C26H37ClN2O4/c1-6-33-23(30)11-14-29-17-20-15-21(32-5)10-13-26(20,28-24(29)31)19-8-7-18(22(27)16-19)9-12-25(2,3)4/h7-8,16-17,21H,6,9-15H2,1-5H3,(H,28,31)/t21?,26-/m0/s1. The van der Waals surface area contributed by atoms with Gasteiger partial charge in [-0.15, -0.1) is 0 Å². The lowest BCUT2D eigenvalue weighted by Crippen LogP contribution is -2.57. The summed E-state index contributed by atoms with van der Waals surface area (Å²) in [6.45, 7) is 9.06. The van der Waals surface area contributed by atoms with E-state index in [1.54, 1.807) is 18.9 Å². The first kappa shape index (κ1) is 25.6. The van der Waals surface area contributed by atoms with Crippen LogP contribution < -0.4 is 5.32 Å². The van der Waals surface area contributed by atoms with E-state index in [2.05, 4.69) is 38.2 Å². The van der Waals surface area contributed by atoms with Crippen LogP contribution >= 0.6 is 11.6 Å². The third-order valence-corrected chi connectivity index (χ3v) is 6.97.